The maximum atomic E-state index is 10.5. The molecule has 57 valence electrons. The molecule has 0 fully saturated rings. The van der Waals surface area contributed by atoms with Crippen molar-refractivity contribution in [3.63, 3.8) is 0 Å². The summed E-state index contributed by atoms with van der Waals surface area (Å²) in [7, 11) is 0. The Hall–Kier alpha value is -1.42. The van der Waals surface area contributed by atoms with E-state index in [1.54, 1.807) is 0 Å². The van der Waals surface area contributed by atoms with Gasteiger partial charge >= 0.3 is 0 Å². The minimum Gasteiger partial charge on any atom is -0.366 e. The molecular weight excluding hydrogens is 144 g/mol. The summed E-state index contributed by atoms with van der Waals surface area (Å²) in [5.41, 5.74) is 5.71. The van der Waals surface area contributed by atoms with E-state index in [0.717, 1.165) is 0 Å². The van der Waals surface area contributed by atoms with Gasteiger partial charge < -0.3 is 5.73 Å². The summed E-state index contributed by atoms with van der Waals surface area (Å²) in [6.07, 6.45) is 2.75. The first-order valence-corrected chi connectivity index (χ1v) is 3.06. The Kier molecular flexibility index (Phi) is 2.18. The summed E-state index contributed by atoms with van der Waals surface area (Å²) in [6, 6.07) is 1.45. The first kappa shape index (κ1) is 7.68. The second-order valence-electron chi connectivity index (χ2n) is 2.09. The monoisotopic (exact) mass is 151 g/mol. The predicted molar refractivity (Wildman–Crippen MR) is 37.1 cm³/mol. The Morgan fingerprint density at radius 1 is 1.55 bits per heavy atom. The molecule has 1 rings (SSSR count). The van der Waals surface area contributed by atoms with Crippen LogP contribution in [0.2, 0.25) is 0 Å². The Morgan fingerprint density at radius 2 is 2.27 bits per heavy atom. The van der Waals surface area contributed by atoms with Crippen LogP contribution in [0.4, 0.5) is 0 Å². The van der Waals surface area contributed by atoms with Gasteiger partial charge in [0.05, 0.1) is 5.56 Å². The van der Waals surface area contributed by atoms with Gasteiger partial charge in [0.25, 0.3) is 0 Å². The van der Waals surface area contributed by atoms with Gasteiger partial charge in [-0.25, -0.2) is 5.11 Å². The number of nitrogens with two attached hydrogens (primary N) is 1. The second kappa shape index (κ2) is 3.12. The highest BCUT2D eigenvalue weighted by molar-refractivity contribution is 5.92. The number of rotatable bonds is 2. The van der Waals surface area contributed by atoms with Crippen LogP contribution in [-0.4, -0.2) is 10.9 Å². The third-order valence-corrected chi connectivity index (χ3v) is 1.25. The van der Waals surface area contributed by atoms with Crippen molar-refractivity contribution in [2.24, 2.45) is 5.73 Å². The van der Waals surface area contributed by atoms with E-state index in [9.17, 15) is 9.90 Å². The van der Waals surface area contributed by atoms with Gasteiger partial charge in [0.2, 0.25) is 5.91 Å². The molecule has 4 heteroatoms. The summed E-state index contributed by atoms with van der Waals surface area (Å²) in [4.78, 5) is 14.2. The average Bonchev–Trinajstić information content (AvgIpc) is 2.05. The van der Waals surface area contributed by atoms with E-state index < -0.39 is 5.91 Å². The second-order valence-corrected chi connectivity index (χ2v) is 2.09. The molecule has 0 atom stereocenters. The molecule has 0 spiro atoms. The largest absolute Gasteiger partial charge is 0.366 e. The molecule has 0 bridgehead atoms. The van der Waals surface area contributed by atoms with Crippen LogP contribution < -0.4 is 5.73 Å². The molecule has 1 aromatic heterocycles. The zero-order chi connectivity index (χ0) is 8.27. The van der Waals surface area contributed by atoms with E-state index in [1.165, 1.54) is 18.5 Å². The number of aromatic nitrogens is 1. The Bertz CT molecular complexity index is 273. The number of nitrogens with zero attached hydrogens (tertiary/aromatic N) is 1. The molecule has 0 aromatic carbocycles. The van der Waals surface area contributed by atoms with Crippen molar-refractivity contribution in [3.05, 3.63) is 29.6 Å². The van der Waals surface area contributed by atoms with Gasteiger partial charge in [-0.1, -0.05) is 0 Å². The Labute approximate surface area is 63.7 Å². The molecule has 11 heavy (non-hydrogen) atoms. The van der Waals surface area contributed by atoms with Crippen LogP contribution in [0.25, 0.3) is 0 Å². The van der Waals surface area contributed by atoms with E-state index in [4.69, 9.17) is 5.73 Å². The third kappa shape index (κ3) is 1.75. The van der Waals surface area contributed by atoms with E-state index in [-0.39, 0.29) is 12.2 Å². The number of carbonyl (C=O) groups excluding carboxylic acids is 1. The first-order chi connectivity index (χ1) is 5.24. The molecule has 0 saturated heterocycles. The Balaban J connectivity index is 3.01. The maximum absolute atomic E-state index is 10.5. The van der Waals surface area contributed by atoms with Crippen LogP contribution in [0.15, 0.2) is 18.5 Å². The number of carbonyl (C=O) groups is 1. The molecule has 0 aliphatic carbocycles. The maximum Gasteiger partial charge on any atom is 0.250 e. The summed E-state index contributed by atoms with van der Waals surface area (Å²) in [5, 5.41) is 10.3. The summed E-state index contributed by atoms with van der Waals surface area (Å²) < 4.78 is 0. The normalized spacial score (nSPS) is 9.55. The van der Waals surface area contributed by atoms with Crippen molar-refractivity contribution in [3.8, 4) is 0 Å². The quantitative estimate of drug-likeness (QED) is 0.651. The van der Waals surface area contributed by atoms with Crippen LogP contribution in [0.3, 0.4) is 0 Å². The van der Waals surface area contributed by atoms with Crippen LogP contribution >= 0.6 is 0 Å². The van der Waals surface area contributed by atoms with Gasteiger partial charge in [-0.2, -0.15) is 0 Å². The van der Waals surface area contributed by atoms with E-state index in [0.29, 0.717) is 5.56 Å². The lowest BCUT2D eigenvalue weighted by Crippen LogP contribution is -2.11. The fraction of sp³-hybridized carbons (Fsp3) is 0.143. The van der Waals surface area contributed by atoms with Gasteiger partial charge in [0, 0.05) is 18.0 Å². The summed E-state index contributed by atoms with van der Waals surface area (Å²) in [5.74, 6) is -0.562. The first-order valence-electron chi connectivity index (χ1n) is 3.06. The third-order valence-electron chi connectivity index (χ3n) is 1.25. The number of pyridine rings is 1. The lowest BCUT2D eigenvalue weighted by atomic mass is 10.2. The number of amides is 1. The SMILES string of the molecule is NC(=O)c1cncc(C[O])c1. The predicted octanol–water partition coefficient (Wildman–Crippen LogP) is 0.111. The summed E-state index contributed by atoms with van der Waals surface area (Å²) >= 11 is 0. The number of primary amides is 1. The van der Waals surface area contributed by atoms with Crippen molar-refractivity contribution in [1.82, 2.24) is 4.98 Å². The fourth-order valence-corrected chi connectivity index (χ4v) is 0.701. The van der Waals surface area contributed by atoms with Crippen molar-refractivity contribution in [1.29, 1.82) is 0 Å². The molecule has 1 heterocycles. The molecule has 4 nitrogen and oxygen atoms in total. The average molecular weight is 151 g/mol. The molecule has 0 unspecified atom stereocenters. The lowest BCUT2D eigenvalue weighted by Gasteiger charge is -1.95. The molecule has 2 N–H and O–H groups in total. The highest BCUT2D eigenvalue weighted by Gasteiger charge is 2.00. The number of hydrogen-bond acceptors (Lipinski definition) is 2. The van der Waals surface area contributed by atoms with Crippen molar-refractivity contribution in [2.45, 2.75) is 6.61 Å². The lowest BCUT2D eigenvalue weighted by molar-refractivity contribution is 0.0999. The highest BCUT2D eigenvalue weighted by Crippen LogP contribution is 2.01. The number of hydrogen-bond donors (Lipinski definition) is 1. The minimum absolute atomic E-state index is 0.276. The van der Waals surface area contributed by atoms with Crippen molar-refractivity contribution < 1.29 is 9.90 Å². The summed E-state index contributed by atoms with van der Waals surface area (Å²) in [6.45, 7) is -0.381. The Morgan fingerprint density at radius 3 is 2.82 bits per heavy atom. The van der Waals surface area contributed by atoms with E-state index >= 15 is 0 Å². The van der Waals surface area contributed by atoms with Gasteiger partial charge in [-0.15, -0.1) is 0 Å². The van der Waals surface area contributed by atoms with Gasteiger partial charge in [-0.05, 0) is 6.07 Å². The van der Waals surface area contributed by atoms with Crippen LogP contribution in [0, 0.1) is 0 Å². The molecule has 0 aliphatic heterocycles. The van der Waals surface area contributed by atoms with Crippen LogP contribution in [-0.2, 0) is 11.7 Å². The van der Waals surface area contributed by atoms with E-state index in [2.05, 4.69) is 4.98 Å². The van der Waals surface area contributed by atoms with Crippen LogP contribution in [0.1, 0.15) is 15.9 Å². The van der Waals surface area contributed by atoms with E-state index in [1.807, 2.05) is 0 Å². The highest BCUT2D eigenvalue weighted by atomic mass is 16.3. The molecule has 0 saturated carbocycles. The molecule has 0 aliphatic rings. The van der Waals surface area contributed by atoms with Crippen molar-refractivity contribution in [2.75, 3.05) is 0 Å². The van der Waals surface area contributed by atoms with Crippen molar-refractivity contribution >= 4 is 5.91 Å². The van der Waals surface area contributed by atoms with Crippen LogP contribution in [0.5, 0.6) is 0 Å². The van der Waals surface area contributed by atoms with Gasteiger partial charge in [0.1, 0.15) is 6.61 Å². The van der Waals surface area contributed by atoms with Gasteiger partial charge in [-0.3, -0.25) is 9.78 Å². The zero-order valence-corrected chi connectivity index (χ0v) is 5.78. The standard InChI is InChI=1S/C7H7N2O2/c8-7(11)6-1-5(4-10)2-9-3-6/h1-3H,4H2,(H2,8,11). The molecule has 1 amide bonds. The van der Waals surface area contributed by atoms with Gasteiger partial charge in [0.15, 0.2) is 0 Å². The zero-order valence-electron chi connectivity index (χ0n) is 5.78. The molecular formula is C7H7N2O2. The fourth-order valence-electron chi connectivity index (χ4n) is 0.701. The minimum atomic E-state index is -0.562. The smallest absolute Gasteiger partial charge is 0.250 e. The molecule has 1 aromatic rings. The molecule has 1 radical (unpaired) electrons. The topological polar surface area (TPSA) is 75.9 Å².